The summed E-state index contributed by atoms with van der Waals surface area (Å²) in [5.74, 6) is -0.669. The summed E-state index contributed by atoms with van der Waals surface area (Å²) in [6, 6.07) is 7.44. The van der Waals surface area contributed by atoms with Crippen LogP contribution in [0, 0.1) is 0 Å². The highest BCUT2D eigenvalue weighted by atomic mass is 19.4. The van der Waals surface area contributed by atoms with E-state index in [0.29, 0.717) is 18.8 Å². The number of hydrogen-bond acceptors (Lipinski definition) is 5. The van der Waals surface area contributed by atoms with Crippen LogP contribution in [0.3, 0.4) is 0 Å². The molecule has 2 heterocycles. The minimum Gasteiger partial charge on any atom is -0.497 e. The number of carbonyl (C=O) groups is 1. The number of piperazine rings is 1. The normalized spacial score (nSPS) is 17.2. The summed E-state index contributed by atoms with van der Waals surface area (Å²) in [7, 11) is 2.91. The fourth-order valence-electron chi connectivity index (χ4n) is 3.42. The summed E-state index contributed by atoms with van der Waals surface area (Å²) < 4.78 is 47.2. The molecule has 1 N–H and O–H groups in total. The summed E-state index contributed by atoms with van der Waals surface area (Å²) in [5, 5.41) is 10.4. The van der Waals surface area contributed by atoms with Crippen LogP contribution in [0.5, 0.6) is 5.75 Å². The quantitative estimate of drug-likeness (QED) is 0.813. The fraction of sp³-hybridized carbons (Fsp3) is 0.474. The molecule has 0 radical (unpaired) electrons. The SMILES string of the molecule is COc1cccc(N2CCN(C(=O)CC(O)(c3nccn3C)C(F)(F)F)CC2)c1. The number of aryl methyl sites for hydroxylation is 1. The highest BCUT2D eigenvalue weighted by Crippen LogP contribution is 2.41. The van der Waals surface area contributed by atoms with Crippen molar-refractivity contribution >= 4 is 11.6 Å². The van der Waals surface area contributed by atoms with Crippen molar-refractivity contribution in [1.82, 2.24) is 14.5 Å². The second-order valence-corrected chi connectivity index (χ2v) is 6.97. The molecule has 0 spiro atoms. The molecule has 1 atom stereocenters. The molecule has 1 aliphatic heterocycles. The first kappa shape index (κ1) is 21.0. The van der Waals surface area contributed by atoms with Crippen LogP contribution in [0.4, 0.5) is 18.9 Å². The number of imidazole rings is 1. The first-order valence-electron chi connectivity index (χ1n) is 9.09. The van der Waals surface area contributed by atoms with Crippen LogP contribution in [-0.2, 0) is 17.4 Å². The van der Waals surface area contributed by atoms with Gasteiger partial charge in [-0.15, -0.1) is 0 Å². The van der Waals surface area contributed by atoms with Crippen LogP contribution < -0.4 is 9.64 Å². The number of ether oxygens (including phenoxy) is 1. The molecule has 29 heavy (non-hydrogen) atoms. The van der Waals surface area contributed by atoms with Gasteiger partial charge in [-0.05, 0) is 12.1 Å². The molecule has 1 aliphatic rings. The molecule has 1 saturated heterocycles. The molecule has 1 amide bonds. The highest BCUT2D eigenvalue weighted by molar-refractivity contribution is 5.78. The second-order valence-electron chi connectivity index (χ2n) is 6.97. The first-order valence-corrected chi connectivity index (χ1v) is 9.09. The molecule has 0 bridgehead atoms. The van der Waals surface area contributed by atoms with E-state index >= 15 is 0 Å². The van der Waals surface area contributed by atoms with Crippen molar-refractivity contribution in [3.05, 3.63) is 42.5 Å². The summed E-state index contributed by atoms with van der Waals surface area (Å²) in [6.45, 7) is 1.44. The van der Waals surface area contributed by atoms with Crippen molar-refractivity contribution in [3.8, 4) is 5.75 Å². The van der Waals surface area contributed by atoms with Gasteiger partial charge >= 0.3 is 6.18 Å². The smallest absolute Gasteiger partial charge is 0.425 e. The number of methoxy groups -OCH3 is 1. The van der Waals surface area contributed by atoms with Crippen LogP contribution in [0.2, 0.25) is 0 Å². The lowest BCUT2D eigenvalue weighted by atomic mass is 9.96. The zero-order valence-electron chi connectivity index (χ0n) is 16.2. The zero-order valence-corrected chi connectivity index (χ0v) is 16.2. The average molecular weight is 412 g/mol. The maximum Gasteiger partial charge on any atom is 0.425 e. The van der Waals surface area contributed by atoms with Crippen molar-refractivity contribution in [2.75, 3.05) is 38.2 Å². The maximum atomic E-state index is 13.6. The maximum absolute atomic E-state index is 13.6. The molecule has 10 heteroatoms. The molecular weight excluding hydrogens is 389 g/mol. The van der Waals surface area contributed by atoms with Crippen molar-refractivity contribution in [2.45, 2.75) is 18.2 Å². The van der Waals surface area contributed by atoms with Gasteiger partial charge in [-0.3, -0.25) is 4.79 Å². The number of alkyl halides is 3. The van der Waals surface area contributed by atoms with Crippen molar-refractivity contribution < 1.29 is 27.8 Å². The lowest BCUT2D eigenvalue weighted by Crippen LogP contribution is -2.53. The van der Waals surface area contributed by atoms with Gasteiger partial charge in [-0.1, -0.05) is 6.07 Å². The number of amides is 1. The van der Waals surface area contributed by atoms with Crippen molar-refractivity contribution in [1.29, 1.82) is 0 Å². The number of benzene rings is 1. The summed E-state index contributed by atoms with van der Waals surface area (Å²) in [6.07, 6.45) is -3.70. The van der Waals surface area contributed by atoms with Crippen LogP contribution in [-0.4, -0.2) is 64.9 Å². The van der Waals surface area contributed by atoms with E-state index in [4.69, 9.17) is 4.74 Å². The van der Waals surface area contributed by atoms with Crippen LogP contribution in [0.25, 0.3) is 0 Å². The minimum atomic E-state index is -5.04. The number of anilines is 1. The molecule has 1 fully saturated rings. The Morgan fingerprint density at radius 1 is 1.24 bits per heavy atom. The van der Waals surface area contributed by atoms with E-state index in [0.717, 1.165) is 16.5 Å². The molecule has 2 aromatic rings. The molecular formula is C19H23F3N4O3. The Balaban J connectivity index is 1.69. The van der Waals surface area contributed by atoms with E-state index in [-0.39, 0.29) is 13.1 Å². The van der Waals surface area contributed by atoms with E-state index in [1.165, 1.54) is 18.1 Å². The van der Waals surface area contributed by atoms with Crippen LogP contribution in [0.15, 0.2) is 36.7 Å². The third-order valence-electron chi connectivity index (χ3n) is 5.12. The standard InChI is InChI=1S/C19H23F3N4O3/c1-24-7-6-23-17(24)18(28,19(20,21)22)13-16(27)26-10-8-25(9-11-26)14-4-3-5-15(12-14)29-2/h3-7,12,28H,8-11,13H2,1-2H3. The number of nitrogens with zero attached hydrogens (tertiary/aromatic N) is 4. The number of carbonyl (C=O) groups excluding carboxylic acids is 1. The monoisotopic (exact) mass is 412 g/mol. The highest BCUT2D eigenvalue weighted by Gasteiger charge is 2.59. The third-order valence-corrected chi connectivity index (χ3v) is 5.12. The first-order chi connectivity index (χ1) is 13.7. The Morgan fingerprint density at radius 2 is 1.93 bits per heavy atom. The summed E-state index contributed by atoms with van der Waals surface area (Å²) >= 11 is 0. The topological polar surface area (TPSA) is 70.8 Å². The Hall–Kier alpha value is -2.75. The lowest BCUT2D eigenvalue weighted by molar-refractivity contribution is -0.272. The van der Waals surface area contributed by atoms with E-state index in [9.17, 15) is 23.1 Å². The van der Waals surface area contributed by atoms with Gasteiger partial charge in [-0.25, -0.2) is 4.98 Å². The van der Waals surface area contributed by atoms with E-state index in [2.05, 4.69) is 4.98 Å². The number of rotatable bonds is 5. The van der Waals surface area contributed by atoms with Gasteiger partial charge in [-0.2, -0.15) is 13.2 Å². The number of halogens is 3. The fourth-order valence-corrected chi connectivity index (χ4v) is 3.42. The Labute approximate surface area is 166 Å². The van der Waals surface area contributed by atoms with Gasteiger partial charge in [0.05, 0.1) is 13.5 Å². The second kappa shape index (κ2) is 7.94. The number of hydrogen-bond donors (Lipinski definition) is 1. The predicted molar refractivity (Wildman–Crippen MR) is 99.6 cm³/mol. The minimum absolute atomic E-state index is 0.255. The predicted octanol–water partition coefficient (Wildman–Crippen LogP) is 1.92. The van der Waals surface area contributed by atoms with Crippen LogP contribution in [0.1, 0.15) is 12.2 Å². The van der Waals surface area contributed by atoms with E-state index < -0.39 is 29.9 Å². The van der Waals surface area contributed by atoms with Gasteiger partial charge in [0.15, 0.2) is 5.82 Å². The lowest BCUT2D eigenvalue weighted by Gasteiger charge is -2.38. The van der Waals surface area contributed by atoms with Crippen molar-refractivity contribution in [3.63, 3.8) is 0 Å². The molecule has 158 valence electrons. The molecule has 1 unspecified atom stereocenters. The van der Waals surface area contributed by atoms with Gasteiger partial charge in [0, 0.05) is 57.4 Å². The van der Waals surface area contributed by atoms with Gasteiger partial charge in [0.1, 0.15) is 5.75 Å². The van der Waals surface area contributed by atoms with Crippen LogP contribution >= 0.6 is 0 Å². The Morgan fingerprint density at radius 3 is 2.48 bits per heavy atom. The largest absolute Gasteiger partial charge is 0.497 e. The summed E-state index contributed by atoms with van der Waals surface area (Å²) in [4.78, 5) is 19.6. The van der Waals surface area contributed by atoms with Gasteiger partial charge in [0.2, 0.25) is 11.5 Å². The number of aliphatic hydroxyl groups is 1. The molecule has 1 aromatic heterocycles. The average Bonchev–Trinajstić information content (AvgIpc) is 3.13. The third kappa shape index (κ3) is 4.16. The summed E-state index contributed by atoms with van der Waals surface area (Å²) in [5.41, 5.74) is -2.43. The molecule has 7 nitrogen and oxygen atoms in total. The molecule has 0 aliphatic carbocycles. The van der Waals surface area contributed by atoms with E-state index in [1.807, 2.05) is 29.2 Å². The van der Waals surface area contributed by atoms with Gasteiger partial charge < -0.3 is 24.2 Å². The molecule has 3 rings (SSSR count). The Kier molecular flexibility index (Phi) is 5.74. The Bertz CT molecular complexity index is 862. The van der Waals surface area contributed by atoms with Crippen molar-refractivity contribution in [2.24, 2.45) is 7.05 Å². The number of aromatic nitrogens is 2. The molecule has 1 aromatic carbocycles. The zero-order chi connectivity index (χ0) is 21.2. The molecule has 0 saturated carbocycles. The van der Waals surface area contributed by atoms with Gasteiger partial charge in [0.25, 0.3) is 0 Å². The van der Waals surface area contributed by atoms with E-state index in [1.54, 1.807) is 7.11 Å².